The summed E-state index contributed by atoms with van der Waals surface area (Å²) in [5.41, 5.74) is 4.84. The van der Waals surface area contributed by atoms with E-state index in [4.69, 9.17) is 9.84 Å². The second-order valence-corrected chi connectivity index (χ2v) is 7.70. The molecule has 1 amide bonds. The Morgan fingerprint density at radius 2 is 1.82 bits per heavy atom. The highest BCUT2D eigenvalue weighted by Gasteiger charge is 2.24. The third-order valence-electron chi connectivity index (χ3n) is 5.85. The van der Waals surface area contributed by atoms with Gasteiger partial charge in [-0.1, -0.05) is 30.3 Å². The molecule has 28 heavy (non-hydrogen) atoms. The molecule has 150 valence electrons. The maximum absolute atomic E-state index is 12.7. The molecule has 0 spiro atoms. The van der Waals surface area contributed by atoms with Gasteiger partial charge in [-0.15, -0.1) is 0 Å². The molecule has 0 radical (unpaired) electrons. The van der Waals surface area contributed by atoms with E-state index in [-0.39, 0.29) is 5.91 Å². The van der Waals surface area contributed by atoms with Gasteiger partial charge in [-0.25, -0.2) is 0 Å². The number of aryl methyl sites for hydroxylation is 1. The lowest BCUT2D eigenvalue weighted by Crippen LogP contribution is -2.38. The number of aromatic nitrogens is 2. The van der Waals surface area contributed by atoms with E-state index in [1.807, 2.05) is 22.7 Å². The summed E-state index contributed by atoms with van der Waals surface area (Å²) in [5.74, 6) is 0.282. The van der Waals surface area contributed by atoms with Crippen LogP contribution in [0.1, 0.15) is 24.1 Å². The van der Waals surface area contributed by atoms with Crippen molar-refractivity contribution in [1.29, 1.82) is 0 Å². The predicted molar refractivity (Wildman–Crippen MR) is 109 cm³/mol. The maximum atomic E-state index is 12.7. The molecule has 2 aliphatic rings. The molecule has 3 heterocycles. The van der Waals surface area contributed by atoms with Crippen LogP contribution in [0.25, 0.3) is 11.3 Å². The van der Waals surface area contributed by atoms with Gasteiger partial charge in [0.2, 0.25) is 5.91 Å². The minimum atomic E-state index is 0.282. The fraction of sp³-hybridized carbons (Fsp3) is 0.545. The number of carbonyl (C=O) groups is 1. The van der Waals surface area contributed by atoms with Crippen molar-refractivity contribution in [1.82, 2.24) is 19.6 Å². The van der Waals surface area contributed by atoms with E-state index in [1.54, 1.807) is 0 Å². The first-order valence-electron chi connectivity index (χ1n) is 10.4. The minimum absolute atomic E-state index is 0.282. The fourth-order valence-corrected chi connectivity index (χ4v) is 4.33. The van der Waals surface area contributed by atoms with E-state index in [1.165, 1.54) is 16.8 Å². The summed E-state index contributed by atoms with van der Waals surface area (Å²) in [5, 5.41) is 4.76. The van der Waals surface area contributed by atoms with Crippen molar-refractivity contribution in [2.45, 2.75) is 25.7 Å². The van der Waals surface area contributed by atoms with Crippen LogP contribution in [0.15, 0.2) is 30.3 Å². The molecule has 0 N–H and O–H groups in total. The molecular formula is C22H30N4O2. The van der Waals surface area contributed by atoms with Gasteiger partial charge in [0.1, 0.15) is 0 Å². The van der Waals surface area contributed by atoms with Crippen LogP contribution >= 0.6 is 0 Å². The van der Waals surface area contributed by atoms with Gasteiger partial charge in [0.05, 0.1) is 24.6 Å². The summed E-state index contributed by atoms with van der Waals surface area (Å²) in [6.45, 7) is 6.15. The lowest BCUT2D eigenvalue weighted by atomic mass is 10.0. The molecule has 1 aromatic heterocycles. The number of benzene rings is 1. The Morgan fingerprint density at radius 1 is 1.07 bits per heavy atom. The Balaban J connectivity index is 1.35. The van der Waals surface area contributed by atoms with Gasteiger partial charge in [0, 0.05) is 57.2 Å². The van der Waals surface area contributed by atoms with Gasteiger partial charge in [-0.2, -0.15) is 5.10 Å². The molecule has 1 fully saturated rings. The van der Waals surface area contributed by atoms with Crippen molar-refractivity contribution in [3.63, 3.8) is 0 Å². The number of rotatable bonds is 5. The van der Waals surface area contributed by atoms with Crippen LogP contribution < -0.4 is 0 Å². The number of fused-ring (bicyclic) bond motifs is 1. The zero-order valence-corrected chi connectivity index (χ0v) is 16.8. The van der Waals surface area contributed by atoms with Gasteiger partial charge in [0.25, 0.3) is 0 Å². The van der Waals surface area contributed by atoms with Crippen LogP contribution in [0.2, 0.25) is 0 Å². The van der Waals surface area contributed by atoms with Crippen molar-refractivity contribution in [2.24, 2.45) is 7.05 Å². The third-order valence-corrected chi connectivity index (χ3v) is 5.85. The zero-order chi connectivity index (χ0) is 19.3. The molecule has 4 rings (SSSR count). The van der Waals surface area contributed by atoms with Crippen LogP contribution in [0.4, 0.5) is 0 Å². The quantitative estimate of drug-likeness (QED) is 0.795. The highest BCUT2D eigenvalue weighted by atomic mass is 16.5. The lowest BCUT2D eigenvalue weighted by molar-refractivity contribution is -0.131. The van der Waals surface area contributed by atoms with Crippen LogP contribution in [0.5, 0.6) is 0 Å². The molecule has 0 bridgehead atoms. The van der Waals surface area contributed by atoms with Crippen LogP contribution in [0, 0.1) is 0 Å². The smallest absolute Gasteiger partial charge is 0.222 e. The number of hydrogen-bond donors (Lipinski definition) is 0. The van der Waals surface area contributed by atoms with E-state index >= 15 is 0 Å². The van der Waals surface area contributed by atoms with Gasteiger partial charge in [-0.3, -0.25) is 14.4 Å². The van der Waals surface area contributed by atoms with E-state index in [0.717, 1.165) is 70.9 Å². The van der Waals surface area contributed by atoms with E-state index in [0.29, 0.717) is 6.42 Å². The Kier molecular flexibility index (Phi) is 6.07. The average Bonchev–Trinajstić information content (AvgIpc) is 2.90. The van der Waals surface area contributed by atoms with E-state index in [2.05, 4.69) is 29.2 Å². The zero-order valence-electron chi connectivity index (χ0n) is 16.8. The first-order valence-corrected chi connectivity index (χ1v) is 10.4. The van der Waals surface area contributed by atoms with Crippen molar-refractivity contribution < 1.29 is 9.53 Å². The molecule has 0 unspecified atom stereocenters. The molecule has 1 aromatic carbocycles. The summed E-state index contributed by atoms with van der Waals surface area (Å²) >= 11 is 0. The number of amides is 1. The van der Waals surface area contributed by atoms with Crippen molar-refractivity contribution in [2.75, 3.05) is 45.9 Å². The molecular weight excluding hydrogens is 352 g/mol. The standard InChI is InChI=1S/C22H30N4O2/c1-24-22(18-6-3-2-4-7-18)19-9-12-26(13-10-20(19)23-24)21(27)8-5-11-25-14-16-28-17-15-25/h2-4,6-7H,5,8-17H2,1H3. The van der Waals surface area contributed by atoms with Crippen LogP contribution in [-0.4, -0.2) is 71.4 Å². The average molecular weight is 383 g/mol. The molecule has 1 saturated heterocycles. The second kappa shape index (κ2) is 8.88. The highest BCUT2D eigenvalue weighted by molar-refractivity contribution is 5.76. The summed E-state index contributed by atoms with van der Waals surface area (Å²) < 4.78 is 7.38. The molecule has 6 heteroatoms. The maximum Gasteiger partial charge on any atom is 0.222 e. The topological polar surface area (TPSA) is 50.6 Å². The van der Waals surface area contributed by atoms with Gasteiger partial charge in [0.15, 0.2) is 0 Å². The largest absolute Gasteiger partial charge is 0.379 e. The third kappa shape index (κ3) is 4.28. The monoisotopic (exact) mass is 382 g/mol. The van der Waals surface area contributed by atoms with E-state index < -0.39 is 0 Å². The number of morpholine rings is 1. The van der Waals surface area contributed by atoms with Gasteiger partial charge in [-0.05, 0) is 19.4 Å². The SMILES string of the molecule is Cn1nc2c(c1-c1ccccc1)CCN(C(=O)CCCN1CCOCC1)CC2. The lowest BCUT2D eigenvalue weighted by Gasteiger charge is -2.27. The molecule has 2 aromatic rings. The van der Waals surface area contributed by atoms with Crippen LogP contribution in [-0.2, 0) is 29.4 Å². The first-order chi connectivity index (χ1) is 13.7. The minimum Gasteiger partial charge on any atom is -0.379 e. The molecule has 6 nitrogen and oxygen atoms in total. The molecule has 0 saturated carbocycles. The number of carbonyl (C=O) groups excluding carboxylic acids is 1. The van der Waals surface area contributed by atoms with Gasteiger partial charge < -0.3 is 9.64 Å². The Bertz CT molecular complexity index is 796. The predicted octanol–water partition coefficient (Wildman–Crippen LogP) is 2.13. The molecule has 2 aliphatic heterocycles. The van der Waals surface area contributed by atoms with Crippen LogP contribution in [0.3, 0.4) is 0 Å². The van der Waals surface area contributed by atoms with Crippen molar-refractivity contribution in [3.05, 3.63) is 41.6 Å². The summed E-state index contributed by atoms with van der Waals surface area (Å²) in [4.78, 5) is 17.2. The normalized spacial score (nSPS) is 18.0. The molecule has 0 aliphatic carbocycles. The Morgan fingerprint density at radius 3 is 2.61 bits per heavy atom. The summed E-state index contributed by atoms with van der Waals surface area (Å²) in [6, 6.07) is 10.4. The van der Waals surface area contributed by atoms with E-state index in [9.17, 15) is 4.79 Å². The van der Waals surface area contributed by atoms with Gasteiger partial charge >= 0.3 is 0 Å². The summed E-state index contributed by atoms with van der Waals surface area (Å²) in [7, 11) is 2.02. The Hall–Kier alpha value is -2.18. The molecule has 0 atom stereocenters. The Labute approximate surface area is 167 Å². The first kappa shape index (κ1) is 19.2. The number of ether oxygens (including phenoxy) is 1. The van der Waals surface area contributed by atoms with Crippen molar-refractivity contribution in [3.8, 4) is 11.3 Å². The summed E-state index contributed by atoms with van der Waals surface area (Å²) in [6.07, 6.45) is 3.28. The number of hydrogen-bond acceptors (Lipinski definition) is 4. The second-order valence-electron chi connectivity index (χ2n) is 7.70. The fourth-order valence-electron chi connectivity index (χ4n) is 4.33. The number of nitrogens with zero attached hydrogens (tertiary/aromatic N) is 4. The van der Waals surface area contributed by atoms with Crippen molar-refractivity contribution >= 4 is 5.91 Å². The highest BCUT2D eigenvalue weighted by Crippen LogP contribution is 2.28.